The second-order valence-corrected chi connectivity index (χ2v) is 5.30. The Kier molecular flexibility index (Phi) is 3.74. The van der Waals surface area contributed by atoms with Gasteiger partial charge in [0.1, 0.15) is 34.8 Å². The maximum Gasteiger partial charge on any atom is 0.263 e. The number of rotatable bonds is 4. The number of hydrogen-bond donors (Lipinski definition) is 1. The maximum atomic E-state index is 13.4. The van der Waals surface area contributed by atoms with Crippen molar-refractivity contribution in [3.05, 3.63) is 60.7 Å². The van der Waals surface area contributed by atoms with E-state index in [9.17, 15) is 4.39 Å². The van der Waals surface area contributed by atoms with Crippen molar-refractivity contribution in [1.82, 2.24) is 15.1 Å². The summed E-state index contributed by atoms with van der Waals surface area (Å²) in [5, 5.41) is 7.82. The van der Waals surface area contributed by atoms with E-state index in [1.165, 1.54) is 18.5 Å². The van der Waals surface area contributed by atoms with Crippen LogP contribution in [0.4, 0.5) is 15.9 Å². The standard InChI is InChI=1S/C18H13FN4O2/c1-24-14-7-2-4-11(8-14)16-15-17(20-10-21-18(15)25-23-16)22-13-6-3-5-12(19)9-13/h2-10H,1H3,(H,20,21,22). The lowest BCUT2D eigenvalue weighted by Crippen LogP contribution is -1.96. The van der Waals surface area contributed by atoms with Gasteiger partial charge in [-0.3, -0.25) is 0 Å². The van der Waals surface area contributed by atoms with Crippen LogP contribution in [-0.4, -0.2) is 22.2 Å². The van der Waals surface area contributed by atoms with Crippen LogP contribution >= 0.6 is 0 Å². The van der Waals surface area contributed by atoms with Gasteiger partial charge in [-0.05, 0) is 30.3 Å². The number of nitrogens with zero attached hydrogens (tertiary/aromatic N) is 3. The number of benzene rings is 2. The highest BCUT2D eigenvalue weighted by molar-refractivity contribution is 5.98. The van der Waals surface area contributed by atoms with Gasteiger partial charge in [0, 0.05) is 11.3 Å². The van der Waals surface area contributed by atoms with E-state index in [0.717, 1.165) is 5.56 Å². The van der Waals surface area contributed by atoms with E-state index in [1.807, 2.05) is 24.3 Å². The highest BCUT2D eigenvalue weighted by Crippen LogP contribution is 2.33. The molecule has 7 heteroatoms. The van der Waals surface area contributed by atoms with Gasteiger partial charge >= 0.3 is 0 Å². The maximum absolute atomic E-state index is 13.4. The predicted octanol–water partition coefficient (Wildman–Crippen LogP) is 4.18. The lowest BCUT2D eigenvalue weighted by atomic mass is 10.1. The molecule has 0 fully saturated rings. The van der Waals surface area contributed by atoms with Crippen LogP contribution in [0.25, 0.3) is 22.4 Å². The first-order chi connectivity index (χ1) is 12.2. The van der Waals surface area contributed by atoms with Gasteiger partial charge in [0.05, 0.1) is 7.11 Å². The molecular formula is C18H13FN4O2. The van der Waals surface area contributed by atoms with Gasteiger partial charge in [-0.15, -0.1) is 0 Å². The van der Waals surface area contributed by atoms with Crippen molar-refractivity contribution in [3.8, 4) is 17.0 Å². The Balaban J connectivity index is 1.84. The van der Waals surface area contributed by atoms with Crippen molar-refractivity contribution in [2.24, 2.45) is 0 Å². The van der Waals surface area contributed by atoms with E-state index in [4.69, 9.17) is 9.26 Å². The van der Waals surface area contributed by atoms with Gasteiger partial charge in [0.15, 0.2) is 0 Å². The molecule has 0 unspecified atom stereocenters. The third kappa shape index (κ3) is 2.87. The van der Waals surface area contributed by atoms with Crippen LogP contribution in [0.1, 0.15) is 0 Å². The van der Waals surface area contributed by atoms with Crippen molar-refractivity contribution in [3.63, 3.8) is 0 Å². The number of hydrogen-bond acceptors (Lipinski definition) is 6. The van der Waals surface area contributed by atoms with Crippen LogP contribution in [-0.2, 0) is 0 Å². The number of aromatic nitrogens is 3. The van der Waals surface area contributed by atoms with Crippen LogP contribution in [0.5, 0.6) is 5.75 Å². The van der Waals surface area contributed by atoms with Gasteiger partial charge in [-0.1, -0.05) is 23.4 Å². The molecule has 2 heterocycles. The molecule has 0 spiro atoms. The summed E-state index contributed by atoms with van der Waals surface area (Å²) in [7, 11) is 1.60. The van der Waals surface area contributed by atoms with Crippen molar-refractivity contribution in [2.75, 3.05) is 12.4 Å². The summed E-state index contributed by atoms with van der Waals surface area (Å²) in [6, 6.07) is 13.6. The molecule has 0 bridgehead atoms. The first kappa shape index (κ1) is 15.1. The molecular weight excluding hydrogens is 323 g/mol. The van der Waals surface area contributed by atoms with E-state index < -0.39 is 0 Å². The minimum Gasteiger partial charge on any atom is -0.497 e. The van der Waals surface area contributed by atoms with Crippen molar-refractivity contribution >= 4 is 22.6 Å². The topological polar surface area (TPSA) is 73.1 Å². The van der Waals surface area contributed by atoms with Crippen LogP contribution in [0, 0.1) is 5.82 Å². The zero-order chi connectivity index (χ0) is 17.2. The Morgan fingerprint density at radius 2 is 1.96 bits per heavy atom. The monoisotopic (exact) mass is 336 g/mol. The summed E-state index contributed by atoms with van der Waals surface area (Å²) in [6.07, 6.45) is 1.37. The van der Waals surface area contributed by atoms with E-state index in [-0.39, 0.29) is 5.82 Å². The van der Waals surface area contributed by atoms with Gasteiger partial charge in [-0.2, -0.15) is 4.98 Å². The molecule has 0 saturated heterocycles. The average Bonchev–Trinajstić information content (AvgIpc) is 3.07. The van der Waals surface area contributed by atoms with Crippen molar-refractivity contribution < 1.29 is 13.7 Å². The Labute approximate surface area is 142 Å². The highest BCUT2D eigenvalue weighted by atomic mass is 19.1. The zero-order valence-corrected chi connectivity index (χ0v) is 13.2. The normalized spacial score (nSPS) is 10.8. The Morgan fingerprint density at radius 3 is 2.80 bits per heavy atom. The molecule has 4 aromatic rings. The van der Waals surface area contributed by atoms with Gasteiger partial charge in [0.2, 0.25) is 0 Å². The second kappa shape index (κ2) is 6.20. The molecule has 2 aromatic carbocycles. The van der Waals surface area contributed by atoms with E-state index >= 15 is 0 Å². The fourth-order valence-corrected chi connectivity index (χ4v) is 2.55. The quantitative estimate of drug-likeness (QED) is 0.603. The largest absolute Gasteiger partial charge is 0.497 e. The molecule has 0 saturated carbocycles. The summed E-state index contributed by atoms with van der Waals surface area (Å²) >= 11 is 0. The molecule has 25 heavy (non-hydrogen) atoms. The molecule has 6 nitrogen and oxygen atoms in total. The molecule has 0 radical (unpaired) electrons. The number of nitrogens with one attached hydrogen (secondary N) is 1. The molecule has 0 amide bonds. The van der Waals surface area contributed by atoms with Crippen molar-refractivity contribution in [1.29, 1.82) is 0 Å². The summed E-state index contributed by atoms with van der Waals surface area (Å²) < 4.78 is 24.0. The minimum atomic E-state index is -0.339. The van der Waals surface area contributed by atoms with E-state index in [1.54, 1.807) is 19.2 Å². The van der Waals surface area contributed by atoms with E-state index in [2.05, 4.69) is 20.4 Å². The molecule has 0 aliphatic rings. The molecule has 2 aromatic heterocycles. The lowest BCUT2D eigenvalue weighted by molar-refractivity contribution is 0.415. The number of anilines is 2. The number of methoxy groups -OCH3 is 1. The van der Waals surface area contributed by atoms with Gasteiger partial charge in [-0.25, -0.2) is 9.37 Å². The lowest BCUT2D eigenvalue weighted by Gasteiger charge is -2.07. The van der Waals surface area contributed by atoms with Crippen LogP contribution < -0.4 is 10.1 Å². The molecule has 4 rings (SSSR count). The summed E-state index contributed by atoms with van der Waals surface area (Å²) in [6.45, 7) is 0. The SMILES string of the molecule is COc1cccc(-c2noc3ncnc(Nc4cccc(F)c4)c23)c1. The smallest absolute Gasteiger partial charge is 0.263 e. The molecule has 0 aliphatic carbocycles. The fourth-order valence-electron chi connectivity index (χ4n) is 2.55. The fraction of sp³-hybridized carbons (Fsp3) is 0.0556. The number of ether oxygens (including phenoxy) is 1. The minimum absolute atomic E-state index is 0.339. The third-order valence-electron chi connectivity index (χ3n) is 3.70. The molecule has 0 atom stereocenters. The third-order valence-corrected chi connectivity index (χ3v) is 3.70. The Bertz CT molecular complexity index is 1050. The summed E-state index contributed by atoms with van der Waals surface area (Å²) in [5.74, 6) is 0.841. The van der Waals surface area contributed by atoms with Gasteiger partial charge in [0.25, 0.3) is 5.71 Å². The molecule has 1 N–H and O–H groups in total. The van der Waals surface area contributed by atoms with Gasteiger partial charge < -0.3 is 14.6 Å². The highest BCUT2D eigenvalue weighted by Gasteiger charge is 2.17. The number of fused-ring (bicyclic) bond motifs is 1. The molecule has 124 valence electrons. The Hall–Kier alpha value is -3.48. The van der Waals surface area contributed by atoms with Crippen LogP contribution in [0.3, 0.4) is 0 Å². The van der Waals surface area contributed by atoms with Crippen LogP contribution in [0.2, 0.25) is 0 Å². The van der Waals surface area contributed by atoms with Crippen LogP contribution in [0.15, 0.2) is 59.4 Å². The van der Waals surface area contributed by atoms with Crippen molar-refractivity contribution in [2.45, 2.75) is 0 Å². The summed E-state index contributed by atoms with van der Waals surface area (Å²) in [5.41, 5.74) is 2.29. The molecule has 0 aliphatic heterocycles. The summed E-state index contributed by atoms with van der Waals surface area (Å²) in [4.78, 5) is 8.36. The van der Waals surface area contributed by atoms with E-state index in [0.29, 0.717) is 34.0 Å². The predicted molar refractivity (Wildman–Crippen MR) is 91.3 cm³/mol. The second-order valence-electron chi connectivity index (χ2n) is 5.30. The Morgan fingerprint density at radius 1 is 1.08 bits per heavy atom. The first-order valence-electron chi connectivity index (χ1n) is 7.52. The zero-order valence-electron chi connectivity index (χ0n) is 13.2. The average molecular weight is 336 g/mol. The first-order valence-corrected chi connectivity index (χ1v) is 7.52. The number of halogens is 1.